The van der Waals surface area contributed by atoms with E-state index in [-0.39, 0.29) is 12.6 Å². The Balaban J connectivity index is 2.57. The summed E-state index contributed by atoms with van der Waals surface area (Å²) >= 11 is 0. The van der Waals surface area contributed by atoms with Gasteiger partial charge in [0.1, 0.15) is 18.8 Å². The van der Waals surface area contributed by atoms with Crippen molar-refractivity contribution >= 4 is 5.97 Å². The molecule has 1 saturated heterocycles. The molecule has 1 aliphatic rings. The standard InChI is InChI=1S/C10H18O5/c1-6(11)9-8(5-13-7(2)12)14-10(3,4)15-9/h6,8-9,11H,5H2,1-4H3/t6-,8+,9-/m0/s1. The average molecular weight is 218 g/mol. The average Bonchev–Trinajstić information content (AvgIpc) is 2.38. The molecular weight excluding hydrogens is 200 g/mol. The number of rotatable bonds is 3. The molecule has 5 heteroatoms. The molecule has 88 valence electrons. The number of hydrogen-bond donors (Lipinski definition) is 1. The predicted molar refractivity (Wildman–Crippen MR) is 52.1 cm³/mol. The molecule has 0 amide bonds. The van der Waals surface area contributed by atoms with Crippen LogP contribution >= 0.6 is 0 Å². The van der Waals surface area contributed by atoms with Crippen LogP contribution in [0.3, 0.4) is 0 Å². The molecule has 1 heterocycles. The van der Waals surface area contributed by atoms with Crippen LogP contribution < -0.4 is 0 Å². The van der Waals surface area contributed by atoms with E-state index in [0.717, 1.165) is 0 Å². The predicted octanol–water partition coefficient (Wildman–Crippen LogP) is 0.450. The topological polar surface area (TPSA) is 65.0 Å². The first kappa shape index (κ1) is 12.4. The Morgan fingerprint density at radius 1 is 1.53 bits per heavy atom. The van der Waals surface area contributed by atoms with Crippen molar-refractivity contribution in [3.8, 4) is 0 Å². The van der Waals surface area contributed by atoms with Crippen molar-refractivity contribution in [2.75, 3.05) is 6.61 Å². The van der Waals surface area contributed by atoms with Gasteiger partial charge in [-0.05, 0) is 20.8 Å². The van der Waals surface area contributed by atoms with Gasteiger partial charge in [-0.1, -0.05) is 0 Å². The molecule has 1 N–H and O–H groups in total. The van der Waals surface area contributed by atoms with E-state index in [4.69, 9.17) is 14.2 Å². The van der Waals surface area contributed by atoms with Crippen LogP contribution in [0.5, 0.6) is 0 Å². The number of carbonyl (C=O) groups excluding carboxylic acids is 1. The summed E-state index contributed by atoms with van der Waals surface area (Å²) < 4.78 is 15.8. The van der Waals surface area contributed by atoms with E-state index in [1.807, 2.05) is 0 Å². The molecular formula is C10H18O5. The third-order valence-corrected chi connectivity index (χ3v) is 2.15. The summed E-state index contributed by atoms with van der Waals surface area (Å²) in [5, 5.41) is 9.47. The number of hydrogen-bond acceptors (Lipinski definition) is 5. The van der Waals surface area contributed by atoms with E-state index in [2.05, 4.69) is 0 Å². The zero-order valence-electron chi connectivity index (χ0n) is 9.52. The van der Waals surface area contributed by atoms with Crippen molar-refractivity contribution in [3.05, 3.63) is 0 Å². The molecule has 0 spiro atoms. The summed E-state index contributed by atoms with van der Waals surface area (Å²) in [7, 11) is 0. The first-order chi connectivity index (χ1) is 6.82. The van der Waals surface area contributed by atoms with Crippen LogP contribution in [0.4, 0.5) is 0 Å². The lowest BCUT2D eigenvalue weighted by Gasteiger charge is -2.18. The SMILES string of the molecule is CC(=O)OC[C@H]1OC(C)(C)O[C@H]1[C@H](C)O. The maximum absolute atomic E-state index is 10.7. The fourth-order valence-corrected chi connectivity index (χ4v) is 1.60. The first-order valence-corrected chi connectivity index (χ1v) is 4.99. The number of carbonyl (C=O) groups is 1. The van der Waals surface area contributed by atoms with Gasteiger partial charge >= 0.3 is 5.97 Å². The van der Waals surface area contributed by atoms with Crippen molar-refractivity contribution in [2.24, 2.45) is 0 Å². The van der Waals surface area contributed by atoms with Crippen LogP contribution in [0, 0.1) is 0 Å². The normalized spacial score (nSPS) is 31.3. The van der Waals surface area contributed by atoms with E-state index in [0.29, 0.717) is 0 Å². The number of esters is 1. The van der Waals surface area contributed by atoms with E-state index < -0.39 is 24.1 Å². The molecule has 1 rings (SSSR count). The Bertz CT molecular complexity index is 236. The van der Waals surface area contributed by atoms with Crippen molar-refractivity contribution in [2.45, 2.75) is 51.8 Å². The largest absolute Gasteiger partial charge is 0.463 e. The molecule has 1 aliphatic heterocycles. The summed E-state index contributed by atoms with van der Waals surface area (Å²) in [5.41, 5.74) is 0. The summed E-state index contributed by atoms with van der Waals surface area (Å²) in [4.78, 5) is 10.7. The highest BCUT2D eigenvalue weighted by molar-refractivity contribution is 5.65. The molecule has 0 aromatic heterocycles. The fraction of sp³-hybridized carbons (Fsp3) is 0.900. The molecule has 0 aromatic rings. The lowest BCUT2D eigenvalue weighted by Crippen LogP contribution is -2.36. The summed E-state index contributed by atoms with van der Waals surface area (Å²) in [6.45, 7) is 6.58. The molecule has 15 heavy (non-hydrogen) atoms. The minimum Gasteiger partial charge on any atom is -0.463 e. The Kier molecular flexibility index (Phi) is 3.70. The Hall–Kier alpha value is -0.650. The molecule has 0 radical (unpaired) electrons. The quantitative estimate of drug-likeness (QED) is 0.697. The summed E-state index contributed by atoms with van der Waals surface area (Å²) in [6.07, 6.45) is -1.53. The zero-order valence-corrected chi connectivity index (χ0v) is 9.52. The van der Waals surface area contributed by atoms with Crippen LogP contribution in [0.1, 0.15) is 27.7 Å². The minimum atomic E-state index is -0.744. The van der Waals surface area contributed by atoms with Gasteiger partial charge in [-0.3, -0.25) is 4.79 Å². The third-order valence-electron chi connectivity index (χ3n) is 2.15. The Morgan fingerprint density at radius 2 is 2.13 bits per heavy atom. The van der Waals surface area contributed by atoms with Gasteiger partial charge in [-0.25, -0.2) is 0 Å². The molecule has 5 nitrogen and oxygen atoms in total. The highest BCUT2D eigenvalue weighted by Crippen LogP contribution is 2.30. The highest BCUT2D eigenvalue weighted by atomic mass is 16.8. The number of aliphatic hydroxyl groups excluding tert-OH is 1. The van der Waals surface area contributed by atoms with Gasteiger partial charge in [0.15, 0.2) is 5.79 Å². The van der Waals surface area contributed by atoms with E-state index in [9.17, 15) is 9.90 Å². The summed E-state index contributed by atoms with van der Waals surface area (Å²) in [6, 6.07) is 0. The van der Waals surface area contributed by atoms with Crippen molar-refractivity contribution < 1.29 is 24.1 Å². The molecule has 3 atom stereocenters. The van der Waals surface area contributed by atoms with Crippen LogP contribution in [0.15, 0.2) is 0 Å². The van der Waals surface area contributed by atoms with Crippen molar-refractivity contribution in [1.29, 1.82) is 0 Å². The maximum atomic E-state index is 10.7. The molecule has 0 unspecified atom stereocenters. The molecule has 0 aromatic carbocycles. The molecule has 0 saturated carbocycles. The van der Waals surface area contributed by atoms with Gasteiger partial charge in [0.05, 0.1) is 6.10 Å². The van der Waals surface area contributed by atoms with Crippen LogP contribution in [-0.4, -0.2) is 41.8 Å². The third kappa shape index (κ3) is 3.44. The Morgan fingerprint density at radius 3 is 2.60 bits per heavy atom. The second-order valence-electron chi connectivity index (χ2n) is 4.18. The lowest BCUT2D eigenvalue weighted by atomic mass is 10.1. The smallest absolute Gasteiger partial charge is 0.302 e. The maximum Gasteiger partial charge on any atom is 0.302 e. The summed E-state index contributed by atoms with van der Waals surface area (Å²) in [5.74, 6) is -1.11. The van der Waals surface area contributed by atoms with Gasteiger partial charge in [0.2, 0.25) is 0 Å². The van der Waals surface area contributed by atoms with Gasteiger partial charge in [0.25, 0.3) is 0 Å². The van der Waals surface area contributed by atoms with Crippen LogP contribution in [0.2, 0.25) is 0 Å². The van der Waals surface area contributed by atoms with Crippen molar-refractivity contribution in [3.63, 3.8) is 0 Å². The zero-order chi connectivity index (χ0) is 11.6. The van der Waals surface area contributed by atoms with Gasteiger partial charge in [0, 0.05) is 6.92 Å². The van der Waals surface area contributed by atoms with Gasteiger partial charge < -0.3 is 19.3 Å². The molecule has 0 aliphatic carbocycles. The van der Waals surface area contributed by atoms with Crippen LogP contribution in [-0.2, 0) is 19.0 Å². The van der Waals surface area contributed by atoms with Crippen LogP contribution in [0.25, 0.3) is 0 Å². The number of ether oxygens (including phenoxy) is 3. The van der Waals surface area contributed by atoms with E-state index in [1.165, 1.54) is 6.92 Å². The molecule has 1 fully saturated rings. The second kappa shape index (κ2) is 4.47. The molecule has 0 bridgehead atoms. The second-order valence-corrected chi connectivity index (χ2v) is 4.18. The van der Waals surface area contributed by atoms with Gasteiger partial charge in [-0.15, -0.1) is 0 Å². The number of aliphatic hydroxyl groups is 1. The monoisotopic (exact) mass is 218 g/mol. The highest BCUT2D eigenvalue weighted by Gasteiger charge is 2.43. The first-order valence-electron chi connectivity index (χ1n) is 4.99. The minimum absolute atomic E-state index is 0.105. The van der Waals surface area contributed by atoms with E-state index >= 15 is 0 Å². The Labute approximate surface area is 89.3 Å². The lowest BCUT2D eigenvalue weighted by molar-refractivity contribution is -0.161. The van der Waals surface area contributed by atoms with Gasteiger partial charge in [-0.2, -0.15) is 0 Å². The van der Waals surface area contributed by atoms with E-state index in [1.54, 1.807) is 20.8 Å². The fourth-order valence-electron chi connectivity index (χ4n) is 1.60. The van der Waals surface area contributed by atoms with Crippen molar-refractivity contribution in [1.82, 2.24) is 0 Å².